The van der Waals surface area contributed by atoms with E-state index in [4.69, 9.17) is 0 Å². The third-order valence-electron chi connectivity index (χ3n) is 6.71. The molecule has 0 spiro atoms. The molecular formula is C21H32O7P2S. The Kier molecular flexibility index (Phi) is 7.82. The van der Waals surface area contributed by atoms with Gasteiger partial charge in [0, 0.05) is 10.8 Å². The van der Waals surface area contributed by atoms with Crippen LogP contribution in [0.1, 0.15) is 58.1 Å². The lowest BCUT2D eigenvalue weighted by molar-refractivity contribution is 0.225. The van der Waals surface area contributed by atoms with Crippen LogP contribution < -0.4 is 0 Å². The average Bonchev–Trinajstić information content (AvgIpc) is 2.70. The zero-order valence-corrected chi connectivity index (χ0v) is 21.1. The van der Waals surface area contributed by atoms with E-state index in [0.717, 1.165) is 0 Å². The first kappa shape index (κ1) is 26.4. The number of phenolic OH excluding ortho intramolecular Hbond substituents is 1. The van der Waals surface area contributed by atoms with Gasteiger partial charge >= 0.3 is 15.2 Å². The van der Waals surface area contributed by atoms with Gasteiger partial charge in [0.1, 0.15) is 5.75 Å². The van der Waals surface area contributed by atoms with Crippen molar-refractivity contribution in [3.05, 3.63) is 35.4 Å². The second kappa shape index (κ2) is 9.18. The fourth-order valence-corrected chi connectivity index (χ4v) is 10.3. The first-order valence-corrected chi connectivity index (χ1v) is 14.7. The van der Waals surface area contributed by atoms with Crippen LogP contribution in [0.4, 0.5) is 0 Å². The molecule has 7 nitrogen and oxygen atoms in total. The Balaban J connectivity index is 3.32. The molecule has 0 aliphatic rings. The molecule has 0 bridgehead atoms. The predicted octanol–water partition coefficient (Wildman–Crippen LogP) is 5.35. The molecule has 0 aliphatic heterocycles. The molecule has 0 heterocycles. The third-order valence-corrected chi connectivity index (χ3v) is 12.5. The van der Waals surface area contributed by atoms with E-state index in [1.54, 1.807) is 44.4 Å². The summed E-state index contributed by atoms with van der Waals surface area (Å²) in [5, 5.41) is 12.0. The molecule has 10 heteroatoms. The maximum Gasteiger partial charge on any atom is 0.344 e. The Morgan fingerprint density at radius 3 is 1.71 bits per heavy atom. The molecule has 174 valence electrons. The molecule has 2 rings (SSSR count). The van der Waals surface area contributed by atoms with Crippen LogP contribution in [0.25, 0.3) is 10.8 Å². The van der Waals surface area contributed by atoms with Crippen LogP contribution in [0.15, 0.2) is 29.2 Å². The standard InChI is InChI=1S/C21H32O7P2S/c1-6-14-17(15-12-10-11-13-16(15)18(22)19(14)31-5)20(7-2,8-3)21(9-4,29(23,24)25)30(26,27)28/h10-13,22H,6-9H2,1-5H3,(H2,23,24,25)(H2,26,27,28). The largest absolute Gasteiger partial charge is 0.506 e. The van der Waals surface area contributed by atoms with Gasteiger partial charge in [-0.1, -0.05) is 52.0 Å². The van der Waals surface area contributed by atoms with Gasteiger partial charge in [0.05, 0.1) is 4.90 Å². The van der Waals surface area contributed by atoms with E-state index in [2.05, 4.69) is 0 Å². The van der Waals surface area contributed by atoms with Crippen molar-refractivity contribution >= 4 is 37.7 Å². The Bertz CT molecular complexity index is 1030. The van der Waals surface area contributed by atoms with Crippen LogP contribution in [0.5, 0.6) is 5.75 Å². The minimum Gasteiger partial charge on any atom is -0.506 e. The molecule has 0 fully saturated rings. The van der Waals surface area contributed by atoms with Crippen molar-refractivity contribution in [2.24, 2.45) is 0 Å². The topological polar surface area (TPSA) is 135 Å². The van der Waals surface area contributed by atoms with Crippen molar-refractivity contribution < 1.29 is 33.8 Å². The highest BCUT2D eigenvalue weighted by molar-refractivity contribution is 7.98. The lowest BCUT2D eigenvalue weighted by Gasteiger charge is -2.51. The summed E-state index contributed by atoms with van der Waals surface area (Å²) in [5.74, 6) is 0.0688. The summed E-state index contributed by atoms with van der Waals surface area (Å²) in [7, 11) is -10.6. The number of hydrogen-bond donors (Lipinski definition) is 5. The van der Waals surface area contributed by atoms with Gasteiger partial charge in [-0.05, 0) is 48.5 Å². The molecule has 0 radical (unpaired) electrons. The monoisotopic (exact) mass is 490 g/mol. The molecular weight excluding hydrogens is 458 g/mol. The lowest BCUT2D eigenvalue weighted by atomic mass is 9.68. The molecule has 2 aromatic rings. The highest BCUT2D eigenvalue weighted by Gasteiger charge is 2.70. The Labute approximate surface area is 187 Å². The highest BCUT2D eigenvalue weighted by atomic mass is 32.2. The van der Waals surface area contributed by atoms with E-state index in [9.17, 15) is 33.8 Å². The number of hydrogen-bond acceptors (Lipinski definition) is 4. The molecule has 0 saturated heterocycles. The Morgan fingerprint density at radius 1 is 0.871 bits per heavy atom. The number of fused-ring (bicyclic) bond motifs is 1. The number of rotatable bonds is 9. The zero-order chi connectivity index (χ0) is 23.8. The highest BCUT2D eigenvalue weighted by Crippen LogP contribution is 2.78. The van der Waals surface area contributed by atoms with Crippen LogP contribution >= 0.6 is 27.0 Å². The summed E-state index contributed by atoms with van der Waals surface area (Å²) in [4.78, 5) is 40.0. The van der Waals surface area contributed by atoms with Crippen LogP contribution in [-0.4, -0.2) is 35.8 Å². The van der Waals surface area contributed by atoms with E-state index in [1.807, 2.05) is 6.92 Å². The number of phenols is 1. The molecule has 0 unspecified atom stereocenters. The van der Waals surface area contributed by atoms with Crippen LogP contribution in [0.2, 0.25) is 0 Å². The summed E-state index contributed by atoms with van der Waals surface area (Å²) in [6.07, 6.45) is 2.02. The van der Waals surface area contributed by atoms with Gasteiger partial charge < -0.3 is 24.7 Å². The fourth-order valence-electron chi connectivity index (χ4n) is 5.40. The number of aromatic hydroxyl groups is 1. The van der Waals surface area contributed by atoms with Crippen LogP contribution in [-0.2, 0) is 21.0 Å². The van der Waals surface area contributed by atoms with Crippen LogP contribution in [0.3, 0.4) is 0 Å². The Morgan fingerprint density at radius 2 is 1.35 bits per heavy atom. The average molecular weight is 490 g/mol. The second-order valence-corrected chi connectivity index (χ2v) is 12.6. The summed E-state index contributed by atoms with van der Waals surface area (Å²) < 4.78 is 25.9. The lowest BCUT2D eigenvalue weighted by Crippen LogP contribution is -2.51. The SMILES string of the molecule is CCc1c(SC)c(O)c2ccccc2c1C(CC)(CC)C(CC)(P(=O)(O)O)P(=O)(O)O. The van der Waals surface area contributed by atoms with E-state index < -0.39 is 31.9 Å². The third kappa shape index (κ3) is 3.71. The number of thioether (sulfide) groups is 1. The molecule has 31 heavy (non-hydrogen) atoms. The van der Waals surface area contributed by atoms with Gasteiger partial charge in [-0.25, -0.2) is 0 Å². The van der Waals surface area contributed by atoms with Crippen LogP contribution in [0, 0.1) is 0 Å². The van der Waals surface area contributed by atoms with E-state index in [0.29, 0.717) is 33.2 Å². The quantitative estimate of drug-likeness (QED) is 0.235. The summed E-state index contributed by atoms with van der Waals surface area (Å²) in [5.41, 5.74) is -0.374. The molecule has 2 aromatic carbocycles. The maximum atomic E-state index is 13.0. The van der Waals surface area contributed by atoms with Gasteiger partial charge in [-0.2, -0.15) is 0 Å². The Hall–Kier alpha value is -0.850. The molecule has 0 aromatic heterocycles. The maximum absolute atomic E-state index is 13.0. The van der Waals surface area contributed by atoms with Gasteiger partial charge in [0.15, 0.2) is 4.90 Å². The number of benzene rings is 2. The second-order valence-electron chi connectivity index (χ2n) is 7.68. The summed E-state index contributed by atoms with van der Waals surface area (Å²) in [6.45, 7) is 6.70. The summed E-state index contributed by atoms with van der Waals surface area (Å²) in [6, 6.07) is 6.96. The van der Waals surface area contributed by atoms with Crippen molar-refractivity contribution in [2.75, 3.05) is 6.26 Å². The molecule has 0 amide bonds. The van der Waals surface area contributed by atoms with E-state index >= 15 is 0 Å². The minimum atomic E-state index is -5.32. The predicted molar refractivity (Wildman–Crippen MR) is 126 cm³/mol. The minimum absolute atomic E-state index is 0.0688. The van der Waals surface area contributed by atoms with Crippen molar-refractivity contribution in [3.63, 3.8) is 0 Å². The van der Waals surface area contributed by atoms with Crippen molar-refractivity contribution in [3.8, 4) is 5.75 Å². The first-order chi connectivity index (χ1) is 14.3. The zero-order valence-electron chi connectivity index (χ0n) is 18.5. The van der Waals surface area contributed by atoms with E-state index in [1.165, 1.54) is 18.7 Å². The van der Waals surface area contributed by atoms with Gasteiger partial charge in [-0.3, -0.25) is 9.13 Å². The van der Waals surface area contributed by atoms with Gasteiger partial charge in [-0.15, -0.1) is 11.8 Å². The van der Waals surface area contributed by atoms with Crippen molar-refractivity contribution in [1.82, 2.24) is 0 Å². The first-order valence-electron chi connectivity index (χ1n) is 10.3. The molecule has 0 saturated carbocycles. The van der Waals surface area contributed by atoms with Crippen molar-refractivity contribution in [2.45, 2.75) is 68.6 Å². The molecule has 5 N–H and O–H groups in total. The molecule has 0 aliphatic carbocycles. The fraction of sp³-hybridized carbons (Fsp3) is 0.524. The summed E-state index contributed by atoms with van der Waals surface area (Å²) >= 11 is 1.31. The van der Waals surface area contributed by atoms with Gasteiger partial charge in [0.2, 0.25) is 0 Å². The smallest absolute Gasteiger partial charge is 0.344 e. The molecule has 0 atom stereocenters. The van der Waals surface area contributed by atoms with Gasteiger partial charge in [0.25, 0.3) is 0 Å². The normalized spacial score (nSPS) is 13.7. The van der Waals surface area contributed by atoms with Crippen molar-refractivity contribution in [1.29, 1.82) is 0 Å². The van der Waals surface area contributed by atoms with E-state index in [-0.39, 0.29) is 18.6 Å².